The Morgan fingerprint density at radius 2 is 2.13 bits per heavy atom. The minimum atomic E-state index is -0.799. The molecule has 0 saturated carbocycles. The first-order valence-corrected chi connectivity index (χ1v) is 5.11. The van der Waals surface area contributed by atoms with Gasteiger partial charge in [0.05, 0.1) is 0 Å². The van der Waals surface area contributed by atoms with Crippen LogP contribution in [-0.4, -0.2) is 18.2 Å². The molecule has 1 fully saturated rings. The predicted octanol–water partition coefficient (Wildman–Crippen LogP) is 1.53. The second-order valence-electron chi connectivity index (χ2n) is 4.29. The van der Waals surface area contributed by atoms with Crippen LogP contribution < -0.4 is 5.32 Å². The van der Waals surface area contributed by atoms with Crippen LogP contribution in [0.25, 0.3) is 11.0 Å². The van der Waals surface area contributed by atoms with E-state index in [-0.39, 0.29) is 0 Å². The lowest BCUT2D eigenvalue weighted by atomic mass is 9.94. The summed E-state index contributed by atoms with van der Waals surface area (Å²) in [4.78, 5) is 0. The Balaban J connectivity index is 2.14. The van der Waals surface area contributed by atoms with E-state index in [0.717, 1.165) is 11.0 Å². The summed E-state index contributed by atoms with van der Waals surface area (Å²) >= 11 is 0. The maximum atomic E-state index is 10.1. The Morgan fingerprint density at radius 3 is 2.80 bits per heavy atom. The van der Waals surface area contributed by atoms with Gasteiger partial charge in [-0.05, 0) is 25.1 Å². The Kier molecular flexibility index (Phi) is 1.69. The smallest absolute Gasteiger partial charge is 0.147 e. The van der Waals surface area contributed by atoms with Crippen LogP contribution in [0.1, 0.15) is 11.3 Å². The standard InChI is InChI=1S/C12H13NO2/c1-8-2-3-10-9(4-8)5-11(15-10)12(14)6-13-7-12/h2-5,13-14H,6-7H2,1H3. The number of furan rings is 1. The first kappa shape index (κ1) is 8.95. The van der Waals surface area contributed by atoms with Crippen molar-refractivity contribution in [1.82, 2.24) is 5.32 Å². The molecule has 1 aliphatic rings. The number of rotatable bonds is 1. The number of aliphatic hydroxyl groups is 1. The van der Waals surface area contributed by atoms with E-state index < -0.39 is 5.60 Å². The molecular formula is C12H13NO2. The van der Waals surface area contributed by atoms with Gasteiger partial charge >= 0.3 is 0 Å². The zero-order valence-electron chi connectivity index (χ0n) is 8.58. The van der Waals surface area contributed by atoms with Gasteiger partial charge in [0.15, 0.2) is 0 Å². The third kappa shape index (κ3) is 1.28. The van der Waals surface area contributed by atoms with Gasteiger partial charge in [0.25, 0.3) is 0 Å². The number of benzene rings is 1. The molecule has 0 atom stereocenters. The largest absolute Gasteiger partial charge is 0.458 e. The Bertz CT molecular complexity index is 511. The number of fused-ring (bicyclic) bond motifs is 1. The molecule has 1 aromatic heterocycles. The number of nitrogens with one attached hydrogen (secondary N) is 1. The van der Waals surface area contributed by atoms with Crippen molar-refractivity contribution in [1.29, 1.82) is 0 Å². The highest BCUT2D eigenvalue weighted by Crippen LogP contribution is 2.31. The van der Waals surface area contributed by atoms with Crippen LogP contribution >= 0.6 is 0 Å². The summed E-state index contributed by atoms with van der Waals surface area (Å²) in [6.07, 6.45) is 0. The van der Waals surface area contributed by atoms with Crippen molar-refractivity contribution in [3.8, 4) is 0 Å². The van der Waals surface area contributed by atoms with E-state index >= 15 is 0 Å². The highest BCUT2D eigenvalue weighted by atomic mass is 16.4. The van der Waals surface area contributed by atoms with Crippen molar-refractivity contribution in [3.05, 3.63) is 35.6 Å². The van der Waals surface area contributed by atoms with Crippen molar-refractivity contribution in [2.24, 2.45) is 0 Å². The summed E-state index contributed by atoms with van der Waals surface area (Å²) in [5, 5.41) is 14.2. The predicted molar refractivity (Wildman–Crippen MR) is 57.7 cm³/mol. The van der Waals surface area contributed by atoms with E-state index in [0.29, 0.717) is 18.8 Å². The summed E-state index contributed by atoms with van der Waals surface area (Å²) < 4.78 is 5.64. The van der Waals surface area contributed by atoms with Gasteiger partial charge in [0.1, 0.15) is 16.9 Å². The van der Waals surface area contributed by atoms with Crippen molar-refractivity contribution < 1.29 is 9.52 Å². The summed E-state index contributed by atoms with van der Waals surface area (Å²) in [6, 6.07) is 7.96. The van der Waals surface area contributed by atoms with E-state index in [1.54, 1.807) is 0 Å². The Hall–Kier alpha value is -1.32. The van der Waals surface area contributed by atoms with E-state index in [2.05, 4.69) is 11.4 Å². The SMILES string of the molecule is Cc1ccc2oc(C3(O)CNC3)cc2c1. The van der Waals surface area contributed by atoms with Crippen LogP contribution in [0.2, 0.25) is 0 Å². The van der Waals surface area contributed by atoms with E-state index in [4.69, 9.17) is 4.42 Å². The fourth-order valence-electron chi connectivity index (χ4n) is 1.93. The van der Waals surface area contributed by atoms with E-state index in [9.17, 15) is 5.11 Å². The van der Waals surface area contributed by atoms with Crippen LogP contribution in [0.3, 0.4) is 0 Å². The molecule has 2 N–H and O–H groups in total. The fraction of sp³-hybridized carbons (Fsp3) is 0.333. The van der Waals surface area contributed by atoms with Gasteiger partial charge in [-0.3, -0.25) is 0 Å². The number of β-amino-alcohol motifs (C(OH)–C–C–N with tert-alkyl or cyclic N) is 1. The lowest BCUT2D eigenvalue weighted by Gasteiger charge is -2.35. The van der Waals surface area contributed by atoms with E-state index in [1.807, 2.05) is 25.1 Å². The minimum absolute atomic E-state index is 0.575. The van der Waals surface area contributed by atoms with Gasteiger partial charge in [0.2, 0.25) is 0 Å². The van der Waals surface area contributed by atoms with Crippen LogP contribution in [0.4, 0.5) is 0 Å². The third-order valence-electron chi connectivity index (χ3n) is 2.97. The lowest BCUT2D eigenvalue weighted by Crippen LogP contribution is -2.56. The molecule has 0 amide bonds. The number of hydrogen-bond donors (Lipinski definition) is 2. The molecule has 3 nitrogen and oxygen atoms in total. The topological polar surface area (TPSA) is 45.4 Å². The second-order valence-corrected chi connectivity index (χ2v) is 4.29. The summed E-state index contributed by atoms with van der Waals surface area (Å²) in [5.74, 6) is 0.668. The molecule has 1 saturated heterocycles. The van der Waals surface area contributed by atoms with Gasteiger partial charge < -0.3 is 14.8 Å². The average Bonchev–Trinajstić information content (AvgIpc) is 2.57. The Morgan fingerprint density at radius 1 is 1.33 bits per heavy atom. The van der Waals surface area contributed by atoms with Crippen LogP contribution in [0.15, 0.2) is 28.7 Å². The lowest BCUT2D eigenvalue weighted by molar-refractivity contribution is -0.0320. The zero-order chi connectivity index (χ0) is 10.5. The van der Waals surface area contributed by atoms with Crippen LogP contribution in [0.5, 0.6) is 0 Å². The van der Waals surface area contributed by atoms with Crippen molar-refractivity contribution in [3.63, 3.8) is 0 Å². The first-order chi connectivity index (χ1) is 7.17. The molecule has 2 aromatic rings. The Labute approximate surface area is 87.7 Å². The van der Waals surface area contributed by atoms with Crippen molar-refractivity contribution in [2.75, 3.05) is 13.1 Å². The molecule has 0 radical (unpaired) electrons. The molecule has 3 heteroatoms. The number of aryl methyl sites for hydroxylation is 1. The molecule has 3 rings (SSSR count). The van der Waals surface area contributed by atoms with Crippen molar-refractivity contribution in [2.45, 2.75) is 12.5 Å². The molecule has 0 unspecified atom stereocenters. The molecule has 1 aliphatic heterocycles. The van der Waals surface area contributed by atoms with Crippen molar-refractivity contribution >= 4 is 11.0 Å². The fourth-order valence-corrected chi connectivity index (χ4v) is 1.93. The average molecular weight is 203 g/mol. The molecule has 15 heavy (non-hydrogen) atoms. The van der Waals surface area contributed by atoms with Gasteiger partial charge in [-0.15, -0.1) is 0 Å². The number of hydrogen-bond acceptors (Lipinski definition) is 3. The van der Waals surface area contributed by atoms with Crippen LogP contribution in [0, 0.1) is 6.92 Å². The van der Waals surface area contributed by atoms with Crippen LogP contribution in [-0.2, 0) is 5.60 Å². The quantitative estimate of drug-likeness (QED) is 0.738. The molecule has 0 aliphatic carbocycles. The molecule has 1 aromatic carbocycles. The highest BCUT2D eigenvalue weighted by molar-refractivity contribution is 5.79. The molecule has 2 heterocycles. The molecule has 78 valence electrons. The zero-order valence-corrected chi connectivity index (χ0v) is 8.58. The monoisotopic (exact) mass is 203 g/mol. The summed E-state index contributed by atoms with van der Waals surface area (Å²) in [7, 11) is 0. The van der Waals surface area contributed by atoms with Gasteiger partial charge in [0, 0.05) is 18.5 Å². The second kappa shape index (κ2) is 2.84. The maximum absolute atomic E-state index is 10.1. The summed E-state index contributed by atoms with van der Waals surface area (Å²) in [6.45, 7) is 3.20. The highest BCUT2D eigenvalue weighted by Gasteiger charge is 2.39. The van der Waals surface area contributed by atoms with Gasteiger partial charge in [-0.25, -0.2) is 0 Å². The third-order valence-corrected chi connectivity index (χ3v) is 2.97. The van der Waals surface area contributed by atoms with Gasteiger partial charge in [-0.1, -0.05) is 11.6 Å². The maximum Gasteiger partial charge on any atom is 0.147 e. The summed E-state index contributed by atoms with van der Waals surface area (Å²) in [5.41, 5.74) is 1.25. The van der Waals surface area contributed by atoms with E-state index in [1.165, 1.54) is 5.56 Å². The first-order valence-electron chi connectivity index (χ1n) is 5.11. The normalized spacial score (nSPS) is 19.1. The molecule has 0 bridgehead atoms. The molecular weight excluding hydrogens is 190 g/mol. The minimum Gasteiger partial charge on any atom is -0.458 e. The molecule has 0 spiro atoms. The van der Waals surface area contributed by atoms with Gasteiger partial charge in [-0.2, -0.15) is 0 Å².